The van der Waals surface area contributed by atoms with Gasteiger partial charge < -0.3 is 9.64 Å². The molecule has 1 aliphatic rings. The molecule has 0 fully saturated rings. The highest BCUT2D eigenvalue weighted by Crippen LogP contribution is 2.28. The summed E-state index contributed by atoms with van der Waals surface area (Å²) in [7, 11) is -3.97. The van der Waals surface area contributed by atoms with Gasteiger partial charge in [0.2, 0.25) is 10.0 Å². The van der Waals surface area contributed by atoms with Crippen LogP contribution in [0.15, 0.2) is 46.5 Å². The summed E-state index contributed by atoms with van der Waals surface area (Å²) in [5, 5.41) is 2.82. The molecular weight excluding hydrogens is 370 g/mol. The molecule has 0 aromatic heterocycles. The molecule has 0 aliphatic carbocycles. The maximum Gasteiger partial charge on any atom is 0.410 e. The fourth-order valence-electron chi connectivity index (χ4n) is 2.73. The van der Waals surface area contributed by atoms with Gasteiger partial charge in [-0.2, -0.15) is 4.31 Å². The lowest BCUT2D eigenvalue weighted by atomic mass is 10.2. The van der Waals surface area contributed by atoms with Crippen molar-refractivity contribution in [2.24, 2.45) is 5.18 Å². The van der Waals surface area contributed by atoms with Gasteiger partial charge in [-0.15, -0.1) is 4.91 Å². The molecule has 0 saturated heterocycles. The smallest absolute Gasteiger partial charge is 0.410 e. The van der Waals surface area contributed by atoms with E-state index in [0.717, 1.165) is 0 Å². The molecule has 0 bridgehead atoms. The van der Waals surface area contributed by atoms with Gasteiger partial charge in [-0.3, -0.25) is 0 Å². The largest absolute Gasteiger partial charge is 0.444 e. The van der Waals surface area contributed by atoms with Crippen LogP contribution in [0.5, 0.6) is 0 Å². The lowest BCUT2D eigenvalue weighted by Gasteiger charge is -2.34. The first kappa shape index (κ1) is 21.0. The number of hydrogen-bond acceptors (Lipinski definition) is 6. The van der Waals surface area contributed by atoms with Crippen LogP contribution in [0, 0.1) is 4.91 Å². The van der Waals surface area contributed by atoms with E-state index in [4.69, 9.17) is 4.74 Å². The van der Waals surface area contributed by atoms with Crippen molar-refractivity contribution in [1.82, 2.24) is 9.21 Å². The molecule has 9 heteroatoms. The Kier molecular flexibility index (Phi) is 6.38. The number of rotatable bonds is 3. The summed E-state index contributed by atoms with van der Waals surface area (Å²) >= 11 is 0. The maximum atomic E-state index is 13.1. The van der Waals surface area contributed by atoms with Crippen LogP contribution in [-0.2, 0) is 14.8 Å². The Bertz CT molecular complexity index is 830. The lowest BCUT2D eigenvalue weighted by Crippen LogP contribution is -2.49. The highest BCUT2D eigenvalue weighted by atomic mass is 32.2. The molecule has 1 aliphatic heterocycles. The standard InChI is InChI=1S/C18H25N3O5S/c1-14-13-20(17(22)26-18(2,3)4)11-7-8-12-21(14)27(24,25)16-10-6-5-9-15(16)19-23/h5-10,14H,11-13H2,1-4H3/t14-/m1/s1. The molecule has 1 heterocycles. The zero-order chi connectivity index (χ0) is 20.2. The van der Waals surface area contributed by atoms with Gasteiger partial charge in [0.1, 0.15) is 16.2 Å². The zero-order valence-corrected chi connectivity index (χ0v) is 16.8. The minimum absolute atomic E-state index is 0.138. The van der Waals surface area contributed by atoms with Crippen molar-refractivity contribution in [3.63, 3.8) is 0 Å². The van der Waals surface area contributed by atoms with E-state index in [2.05, 4.69) is 5.18 Å². The normalized spacial score (nSPS) is 19.3. The van der Waals surface area contributed by atoms with Gasteiger partial charge >= 0.3 is 6.09 Å². The Hall–Kier alpha value is -2.26. The van der Waals surface area contributed by atoms with E-state index in [1.807, 2.05) is 0 Å². The number of ether oxygens (including phenoxy) is 1. The Morgan fingerprint density at radius 2 is 1.81 bits per heavy atom. The van der Waals surface area contributed by atoms with Crippen molar-refractivity contribution in [3.8, 4) is 0 Å². The maximum absolute atomic E-state index is 13.1. The Morgan fingerprint density at radius 3 is 2.44 bits per heavy atom. The van der Waals surface area contributed by atoms with Crippen LogP contribution in [0.1, 0.15) is 27.7 Å². The summed E-state index contributed by atoms with van der Waals surface area (Å²) < 4.78 is 32.9. The average molecular weight is 395 g/mol. The van der Waals surface area contributed by atoms with Crippen molar-refractivity contribution in [3.05, 3.63) is 41.3 Å². The van der Waals surface area contributed by atoms with E-state index < -0.39 is 27.8 Å². The molecule has 1 aromatic rings. The molecule has 1 amide bonds. The van der Waals surface area contributed by atoms with E-state index in [-0.39, 0.29) is 23.7 Å². The number of benzene rings is 1. The minimum Gasteiger partial charge on any atom is -0.444 e. The van der Waals surface area contributed by atoms with Crippen molar-refractivity contribution >= 4 is 21.8 Å². The molecular formula is C18H25N3O5S. The third kappa shape index (κ3) is 5.14. The van der Waals surface area contributed by atoms with Crippen LogP contribution in [0.4, 0.5) is 10.5 Å². The van der Waals surface area contributed by atoms with Crippen LogP contribution in [-0.4, -0.2) is 55.0 Å². The number of carbonyl (C=O) groups is 1. The molecule has 0 N–H and O–H groups in total. The molecule has 1 atom stereocenters. The number of sulfonamides is 1. The third-order valence-electron chi connectivity index (χ3n) is 3.96. The summed E-state index contributed by atoms with van der Waals surface area (Å²) in [6.07, 6.45) is 2.90. The molecule has 148 valence electrons. The first-order valence-corrected chi connectivity index (χ1v) is 10.1. The third-order valence-corrected chi connectivity index (χ3v) is 5.98. The summed E-state index contributed by atoms with van der Waals surface area (Å²) in [5.41, 5.74) is -0.785. The quantitative estimate of drug-likeness (QED) is 0.578. The molecule has 27 heavy (non-hydrogen) atoms. The van der Waals surface area contributed by atoms with E-state index in [9.17, 15) is 18.1 Å². The Balaban J connectivity index is 2.31. The summed E-state index contributed by atoms with van der Waals surface area (Å²) in [4.78, 5) is 24.7. The Morgan fingerprint density at radius 1 is 1.19 bits per heavy atom. The summed E-state index contributed by atoms with van der Waals surface area (Å²) in [5.74, 6) is 0. The zero-order valence-electron chi connectivity index (χ0n) is 16.0. The highest BCUT2D eigenvalue weighted by molar-refractivity contribution is 7.89. The molecule has 0 saturated carbocycles. The van der Waals surface area contributed by atoms with Gasteiger partial charge in [-0.25, -0.2) is 13.2 Å². The monoisotopic (exact) mass is 395 g/mol. The number of hydrogen-bond donors (Lipinski definition) is 0. The van der Waals surface area contributed by atoms with Crippen molar-refractivity contribution < 1.29 is 17.9 Å². The highest BCUT2D eigenvalue weighted by Gasteiger charge is 2.33. The summed E-state index contributed by atoms with van der Waals surface area (Å²) in [6.45, 7) is 7.66. The van der Waals surface area contributed by atoms with Gasteiger partial charge in [-0.1, -0.05) is 24.3 Å². The lowest BCUT2D eigenvalue weighted by molar-refractivity contribution is 0.0239. The van der Waals surface area contributed by atoms with Gasteiger partial charge in [0, 0.05) is 25.7 Å². The fourth-order valence-corrected chi connectivity index (χ4v) is 4.43. The van der Waals surface area contributed by atoms with Crippen molar-refractivity contribution in [1.29, 1.82) is 0 Å². The van der Waals surface area contributed by atoms with Crippen molar-refractivity contribution in [2.75, 3.05) is 19.6 Å². The van der Waals surface area contributed by atoms with E-state index in [0.29, 0.717) is 6.54 Å². The van der Waals surface area contributed by atoms with E-state index >= 15 is 0 Å². The molecule has 1 aromatic carbocycles. The molecule has 0 unspecified atom stereocenters. The second-order valence-electron chi connectivity index (χ2n) is 7.34. The predicted octanol–water partition coefficient (Wildman–Crippen LogP) is 3.27. The van der Waals surface area contributed by atoms with Crippen LogP contribution >= 0.6 is 0 Å². The van der Waals surface area contributed by atoms with Crippen LogP contribution < -0.4 is 0 Å². The van der Waals surface area contributed by atoms with Gasteiger partial charge in [0.25, 0.3) is 0 Å². The van der Waals surface area contributed by atoms with Crippen LogP contribution in [0.2, 0.25) is 0 Å². The number of amides is 1. The first-order valence-electron chi connectivity index (χ1n) is 8.63. The van der Waals surface area contributed by atoms with Gasteiger partial charge in [-0.05, 0) is 45.0 Å². The fraction of sp³-hybridized carbons (Fsp3) is 0.500. The second-order valence-corrected chi connectivity index (χ2v) is 9.20. The molecule has 0 spiro atoms. The van der Waals surface area contributed by atoms with Crippen molar-refractivity contribution in [2.45, 2.75) is 44.2 Å². The van der Waals surface area contributed by atoms with E-state index in [1.54, 1.807) is 52.0 Å². The first-order chi connectivity index (χ1) is 12.6. The van der Waals surface area contributed by atoms with E-state index in [1.165, 1.54) is 21.3 Å². The van der Waals surface area contributed by atoms with Crippen LogP contribution in [0.25, 0.3) is 0 Å². The SMILES string of the molecule is C[C@@H]1CN(C(=O)OC(C)(C)C)CC=CCN1S(=O)(=O)c1ccccc1N=O. The average Bonchev–Trinajstić information content (AvgIpc) is 2.56. The number of nitroso groups, excluding NO2 is 1. The van der Waals surface area contributed by atoms with Crippen LogP contribution in [0.3, 0.4) is 0 Å². The molecule has 0 radical (unpaired) electrons. The van der Waals surface area contributed by atoms with Gasteiger partial charge in [0.15, 0.2) is 0 Å². The topological polar surface area (TPSA) is 96.3 Å². The summed E-state index contributed by atoms with van der Waals surface area (Å²) in [6, 6.07) is 5.28. The molecule has 8 nitrogen and oxygen atoms in total. The van der Waals surface area contributed by atoms with Gasteiger partial charge in [0.05, 0.1) is 0 Å². The minimum atomic E-state index is -3.97. The number of nitrogens with zero attached hydrogens (tertiary/aromatic N) is 3. The Labute approximate surface area is 159 Å². The molecule has 2 rings (SSSR count). The number of carbonyl (C=O) groups excluding carboxylic acids is 1. The predicted molar refractivity (Wildman–Crippen MR) is 102 cm³/mol. The second kappa shape index (κ2) is 8.18.